The summed E-state index contributed by atoms with van der Waals surface area (Å²) in [6.07, 6.45) is 2.98. The molecule has 1 aromatic carbocycles. The van der Waals surface area contributed by atoms with Gasteiger partial charge in [0.05, 0.1) is 12.2 Å². The average molecular weight is 222 g/mol. The van der Waals surface area contributed by atoms with Crippen LogP contribution in [0.25, 0.3) is 0 Å². The van der Waals surface area contributed by atoms with Crippen LogP contribution in [0, 0.1) is 13.8 Å². The first-order valence-electron chi connectivity index (χ1n) is 5.87. The van der Waals surface area contributed by atoms with Crippen LogP contribution in [-0.4, -0.2) is 24.4 Å². The Kier molecular flexibility index (Phi) is 5.50. The fourth-order valence-corrected chi connectivity index (χ4v) is 1.82. The fraction of sp³-hybridized carbons (Fsp3) is 0.571. The van der Waals surface area contributed by atoms with E-state index >= 15 is 0 Å². The van der Waals surface area contributed by atoms with Gasteiger partial charge in [-0.1, -0.05) is 35.4 Å². The van der Waals surface area contributed by atoms with Gasteiger partial charge < -0.3 is 9.84 Å². The molecule has 0 heterocycles. The molecular weight excluding hydrogens is 200 g/mol. The number of rotatable bonds is 1. The third-order valence-corrected chi connectivity index (χ3v) is 2.94. The van der Waals surface area contributed by atoms with E-state index in [1.54, 1.807) is 7.11 Å². The highest BCUT2D eigenvalue weighted by Crippen LogP contribution is 2.20. The van der Waals surface area contributed by atoms with Crippen molar-refractivity contribution < 1.29 is 9.84 Å². The minimum atomic E-state index is -0.194. The van der Waals surface area contributed by atoms with Gasteiger partial charge in [-0.3, -0.25) is 0 Å². The number of benzene rings is 1. The second kappa shape index (κ2) is 6.66. The van der Waals surface area contributed by atoms with Crippen molar-refractivity contribution in [2.24, 2.45) is 0 Å². The standard InChI is InChI=1S/C8H10.C6H12O2/c1-7-3-5-8(2)6-4-7;1-8-6-4-2-3-5(6)7/h3-6H,1-2H3;5-7H,2-4H2,1H3. The van der Waals surface area contributed by atoms with Crippen LogP contribution in [0.4, 0.5) is 0 Å². The molecule has 2 heteroatoms. The summed E-state index contributed by atoms with van der Waals surface area (Å²) in [4.78, 5) is 0. The Bertz CT molecular complexity index is 271. The predicted octanol–water partition coefficient (Wildman–Crippen LogP) is 2.85. The monoisotopic (exact) mass is 222 g/mol. The first-order chi connectivity index (χ1) is 7.63. The molecule has 2 rings (SSSR count). The molecule has 1 fully saturated rings. The van der Waals surface area contributed by atoms with Crippen molar-refractivity contribution >= 4 is 0 Å². The molecule has 2 unspecified atom stereocenters. The Hall–Kier alpha value is -0.860. The minimum absolute atomic E-state index is 0.120. The third kappa shape index (κ3) is 4.33. The Labute approximate surface area is 98.3 Å². The Balaban J connectivity index is 0.000000160. The van der Waals surface area contributed by atoms with E-state index in [1.165, 1.54) is 11.1 Å². The van der Waals surface area contributed by atoms with Crippen molar-refractivity contribution in [1.29, 1.82) is 0 Å². The van der Waals surface area contributed by atoms with Crippen molar-refractivity contribution in [3.8, 4) is 0 Å². The average Bonchev–Trinajstić information content (AvgIpc) is 2.69. The maximum atomic E-state index is 9.06. The number of aliphatic hydroxyl groups excluding tert-OH is 1. The van der Waals surface area contributed by atoms with Gasteiger partial charge in [-0.25, -0.2) is 0 Å². The molecule has 1 N–H and O–H groups in total. The second-order valence-corrected chi connectivity index (χ2v) is 4.43. The molecule has 0 spiro atoms. The van der Waals surface area contributed by atoms with Gasteiger partial charge in [0.2, 0.25) is 0 Å². The van der Waals surface area contributed by atoms with Gasteiger partial charge in [0.25, 0.3) is 0 Å². The normalized spacial score (nSPS) is 23.8. The molecule has 2 atom stereocenters. The lowest BCUT2D eigenvalue weighted by atomic mass is 10.2. The maximum Gasteiger partial charge on any atom is 0.0830 e. The summed E-state index contributed by atoms with van der Waals surface area (Å²) in [7, 11) is 1.65. The van der Waals surface area contributed by atoms with Crippen molar-refractivity contribution in [2.45, 2.75) is 45.3 Å². The lowest BCUT2D eigenvalue weighted by Gasteiger charge is -2.10. The molecule has 0 bridgehead atoms. The smallest absolute Gasteiger partial charge is 0.0830 e. The zero-order chi connectivity index (χ0) is 12.0. The van der Waals surface area contributed by atoms with E-state index in [2.05, 4.69) is 38.1 Å². The molecule has 0 aliphatic heterocycles. The summed E-state index contributed by atoms with van der Waals surface area (Å²) < 4.78 is 4.97. The Morgan fingerprint density at radius 2 is 1.56 bits per heavy atom. The number of methoxy groups -OCH3 is 1. The zero-order valence-corrected chi connectivity index (χ0v) is 10.4. The van der Waals surface area contributed by atoms with Crippen molar-refractivity contribution in [1.82, 2.24) is 0 Å². The van der Waals surface area contributed by atoms with Crippen LogP contribution in [0.15, 0.2) is 24.3 Å². The topological polar surface area (TPSA) is 29.5 Å². The lowest BCUT2D eigenvalue weighted by Crippen LogP contribution is -2.20. The molecular formula is C14H22O2. The highest BCUT2D eigenvalue weighted by Gasteiger charge is 2.23. The first-order valence-corrected chi connectivity index (χ1v) is 5.87. The molecule has 1 saturated carbocycles. The van der Waals surface area contributed by atoms with E-state index in [0.29, 0.717) is 0 Å². The number of ether oxygens (including phenoxy) is 1. The number of aryl methyl sites for hydroxylation is 2. The fourth-order valence-electron chi connectivity index (χ4n) is 1.82. The van der Waals surface area contributed by atoms with Gasteiger partial charge in [-0.2, -0.15) is 0 Å². The molecule has 1 aliphatic carbocycles. The molecule has 16 heavy (non-hydrogen) atoms. The van der Waals surface area contributed by atoms with Crippen LogP contribution in [-0.2, 0) is 4.74 Å². The molecule has 90 valence electrons. The van der Waals surface area contributed by atoms with Gasteiger partial charge in [0.1, 0.15) is 0 Å². The molecule has 1 aromatic rings. The quantitative estimate of drug-likeness (QED) is 0.791. The van der Waals surface area contributed by atoms with Crippen LogP contribution < -0.4 is 0 Å². The van der Waals surface area contributed by atoms with Crippen LogP contribution >= 0.6 is 0 Å². The number of hydrogen-bond acceptors (Lipinski definition) is 2. The summed E-state index contributed by atoms with van der Waals surface area (Å²) in [6.45, 7) is 4.19. The summed E-state index contributed by atoms with van der Waals surface area (Å²) in [5.41, 5.74) is 2.66. The van der Waals surface area contributed by atoms with Gasteiger partial charge >= 0.3 is 0 Å². The number of hydrogen-bond donors (Lipinski definition) is 1. The molecule has 2 nitrogen and oxygen atoms in total. The summed E-state index contributed by atoms with van der Waals surface area (Å²) in [5.74, 6) is 0. The van der Waals surface area contributed by atoms with E-state index < -0.39 is 0 Å². The molecule has 1 aliphatic rings. The Morgan fingerprint density at radius 3 is 1.81 bits per heavy atom. The number of aliphatic hydroxyl groups is 1. The highest BCUT2D eigenvalue weighted by molar-refractivity contribution is 5.19. The van der Waals surface area contributed by atoms with E-state index in [1.807, 2.05) is 0 Å². The van der Waals surface area contributed by atoms with Gasteiger partial charge in [0, 0.05) is 7.11 Å². The molecule has 0 radical (unpaired) electrons. The lowest BCUT2D eigenvalue weighted by molar-refractivity contribution is 0.00983. The van der Waals surface area contributed by atoms with Crippen LogP contribution in [0.1, 0.15) is 30.4 Å². The molecule has 0 aromatic heterocycles. The minimum Gasteiger partial charge on any atom is -0.390 e. The highest BCUT2D eigenvalue weighted by atomic mass is 16.5. The molecule has 0 amide bonds. The largest absolute Gasteiger partial charge is 0.390 e. The van der Waals surface area contributed by atoms with Crippen molar-refractivity contribution in [3.05, 3.63) is 35.4 Å². The summed E-state index contributed by atoms with van der Waals surface area (Å²) in [6, 6.07) is 8.48. The van der Waals surface area contributed by atoms with E-state index in [0.717, 1.165) is 19.3 Å². The Morgan fingerprint density at radius 1 is 1.06 bits per heavy atom. The van der Waals surface area contributed by atoms with E-state index in [-0.39, 0.29) is 12.2 Å². The second-order valence-electron chi connectivity index (χ2n) is 4.43. The summed E-state index contributed by atoms with van der Waals surface area (Å²) in [5, 5.41) is 9.06. The van der Waals surface area contributed by atoms with Crippen molar-refractivity contribution in [3.63, 3.8) is 0 Å². The molecule has 0 saturated heterocycles. The van der Waals surface area contributed by atoms with Gasteiger partial charge in [-0.05, 0) is 33.1 Å². The predicted molar refractivity (Wildman–Crippen MR) is 66.6 cm³/mol. The van der Waals surface area contributed by atoms with E-state index in [9.17, 15) is 0 Å². The first kappa shape index (κ1) is 13.2. The van der Waals surface area contributed by atoms with Gasteiger partial charge in [-0.15, -0.1) is 0 Å². The zero-order valence-electron chi connectivity index (χ0n) is 10.4. The van der Waals surface area contributed by atoms with Gasteiger partial charge in [0.15, 0.2) is 0 Å². The van der Waals surface area contributed by atoms with E-state index in [4.69, 9.17) is 9.84 Å². The SMILES string of the molecule is COC1CCCC1O.Cc1ccc(C)cc1. The van der Waals surface area contributed by atoms with Crippen LogP contribution in [0.2, 0.25) is 0 Å². The maximum absolute atomic E-state index is 9.06. The van der Waals surface area contributed by atoms with Crippen molar-refractivity contribution in [2.75, 3.05) is 7.11 Å². The summed E-state index contributed by atoms with van der Waals surface area (Å²) >= 11 is 0. The third-order valence-electron chi connectivity index (χ3n) is 2.94. The van der Waals surface area contributed by atoms with Crippen LogP contribution in [0.3, 0.4) is 0 Å². The van der Waals surface area contributed by atoms with Crippen LogP contribution in [0.5, 0.6) is 0 Å².